The number of halogens is 3. The number of aromatic nitrogens is 3. The molecule has 0 unspecified atom stereocenters. The lowest BCUT2D eigenvalue weighted by molar-refractivity contribution is 0.572. The van der Waals surface area contributed by atoms with Gasteiger partial charge >= 0.3 is 0 Å². The number of benzene rings is 1. The van der Waals surface area contributed by atoms with E-state index in [1.807, 2.05) is 0 Å². The third kappa shape index (κ3) is 1.52. The molecule has 0 aliphatic heterocycles. The molecule has 1 aromatic heterocycles. The smallest absolute Gasteiger partial charge is 0.141 e. The second-order valence-corrected chi connectivity index (χ2v) is 3.40. The highest BCUT2D eigenvalue weighted by Gasteiger charge is 2.10. The van der Waals surface area contributed by atoms with Gasteiger partial charge in [0, 0.05) is 5.56 Å². The highest BCUT2D eigenvalue weighted by molar-refractivity contribution is 9.10. The molecule has 0 aliphatic carbocycles. The van der Waals surface area contributed by atoms with Crippen molar-refractivity contribution in [2.24, 2.45) is 0 Å². The lowest BCUT2D eigenvalue weighted by Gasteiger charge is -1.99. The first-order valence-corrected chi connectivity index (χ1v) is 4.48. The number of aromatic amines is 1. The molecule has 72 valence electrons. The van der Waals surface area contributed by atoms with Gasteiger partial charge in [0.15, 0.2) is 0 Å². The maximum Gasteiger partial charge on any atom is 0.141 e. The molecule has 0 saturated heterocycles. The molecule has 0 atom stereocenters. The summed E-state index contributed by atoms with van der Waals surface area (Å²) in [5.41, 5.74) is 0.743. The number of rotatable bonds is 1. The van der Waals surface area contributed by atoms with Gasteiger partial charge in [0.25, 0.3) is 0 Å². The minimum Gasteiger partial charge on any atom is -0.206 e. The summed E-state index contributed by atoms with van der Waals surface area (Å²) in [5, 5.41) is 9.63. The van der Waals surface area contributed by atoms with Gasteiger partial charge in [0.05, 0.1) is 10.7 Å². The first kappa shape index (κ1) is 9.26. The molecular formula is C8H4BrF2N3. The quantitative estimate of drug-likeness (QED) is 0.800. The Labute approximate surface area is 86.3 Å². The highest BCUT2D eigenvalue weighted by atomic mass is 79.9. The lowest BCUT2D eigenvalue weighted by atomic mass is 10.1. The molecule has 3 nitrogen and oxygen atoms in total. The van der Waals surface area contributed by atoms with Crippen LogP contribution in [-0.4, -0.2) is 15.4 Å². The summed E-state index contributed by atoms with van der Waals surface area (Å²) >= 11 is 2.78. The van der Waals surface area contributed by atoms with Crippen molar-refractivity contribution in [3.8, 4) is 11.3 Å². The molecule has 14 heavy (non-hydrogen) atoms. The Morgan fingerprint density at radius 3 is 2.36 bits per heavy atom. The van der Waals surface area contributed by atoms with Crippen molar-refractivity contribution in [3.63, 3.8) is 0 Å². The van der Waals surface area contributed by atoms with Crippen LogP contribution in [0.4, 0.5) is 8.78 Å². The predicted molar refractivity (Wildman–Crippen MR) is 49.4 cm³/mol. The number of nitrogens with one attached hydrogen (secondary N) is 1. The minimum atomic E-state index is -0.664. The van der Waals surface area contributed by atoms with Crippen molar-refractivity contribution in [3.05, 3.63) is 34.4 Å². The second kappa shape index (κ2) is 3.45. The molecule has 1 N–H and O–H groups in total. The van der Waals surface area contributed by atoms with Gasteiger partial charge in [-0.3, -0.25) is 0 Å². The van der Waals surface area contributed by atoms with Crippen LogP contribution in [0.15, 0.2) is 22.8 Å². The molecule has 2 rings (SSSR count). The normalized spacial score (nSPS) is 10.5. The van der Waals surface area contributed by atoms with Crippen molar-refractivity contribution >= 4 is 15.9 Å². The van der Waals surface area contributed by atoms with Crippen LogP contribution < -0.4 is 0 Å². The molecule has 0 radical (unpaired) electrons. The van der Waals surface area contributed by atoms with Gasteiger partial charge in [-0.05, 0) is 28.1 Å². The fourth-order valence-electron chi connectivity index (χ4n) is 1.04. The molecule has 0 spiro atoms. The Balaban J connectivity index is 2.57. The molecule has 2 aromatic rings. The van der Waals surface area contributed by atoms with E-state index in [1.165, 1.54) is 18.3 Å². The highest BCUT2D eigenvalue weighted by Crippen LogP contribution is 2.25. The van der Waals surface area contributed by atoms with E-state index in [-0.39, 0.29) is 4.47 Å². The van der Waals surface area contributed by atoms with Crippen LogP contribution in [0.25, 0.3) is 11.3 Å². The topological polar surface area (TPSA) is 41.6 Å². The van der Waals surface area contributed by atoms with Crippen LogP contribution in [0, 0.1) is 11.6 Å². The number of hydrogen-bond donors (Lipinski definition) is 1. The molecule has 0 saturated carbocycles. The van der Waals surface area contributed by atoms with Crippen LogP contribution in [0.1, 0.15) is 0 Å². The van der Waals surface area contributed by atoms with Gasteiger partial charge in [-0.1, -0.05) is 0 Å². The molecule has 0 aliphatic rings. The van der Waals surface area contributed by atoms with Crippen LogP contribution in [0.2, 0.25) is 0 Å². The van der Waals surface area contributed by atoms with E-state index in [9.17, 15) is 8.78 Å². The lowest BCUT2D eigenvalue weighted by Crippen LogP contribution is -1.87. The molecule has 0 fully saturated rings. The predicted octanol–water partition coefficient (Wildman–Crippen LogP) is 2.51. The summed E-state index contributed by atoms with van der Waals surface area (Å²) in [7, 11) is 0. The van der Waals surface area contributed by atoms with E-state index in [0.29, 0.717) is 11.3 Å². The van der Waals surface area contributed by atoms with E-state index in [2.05, 4.69) is 31.3 Å². The first-order valence-electron chi connectivity index (χ1n) is 3.69. The monoisotopic (exact) mass is 259 g/mol. The SMILES string of the molecule is Fc1cc(-c2cn[nH]n2)cc(F)c1Br. The number of nitrogens with zero attached hydrogens (tertiary/aromatic N) is 2. The zero-order valence-electron chi connectivity index (χ0n) is 6.76. The molecule has 6 heteroatoms. The van der Waals surface area contributed by atoms with Crippen LogP contribution >= 0.6 is 15.9 Å². The summed E-state index contributed by atoms with van der Waals surface area (Å²) in [5.74, 6) is -1.33. The van der Waals surface area contributed by atoms with Gasteiger partial charge in [0.1, 0.15) is 17.3 Å². The van der Waals surface area contributed by atoms with Crippen molar-refractivity contribution in [2.75, 3.05) is 0 Å². The van der Waals surface area contributed by atoms with Crippen LogP contribution in [0.3, 0.4) is 0 Å². The van der Waals surface area contributed by atoms with Gasteiger partial charge in [0.2, 0.25) is 0 Å². The fraction of sp³-hybridized carbons (Fsp3) is 0. The van der Waals surface area contributed by atoms with E-state index in [4.69, 9.17) is 0 Å². The largest absolute Gasteiger partial charge is 0.206 e. The van der Waals surface area contributed by atoms with Crippen molar-refractivity contribution in [1.29, 1.82) is 0 Å². The van der Waals surface area contributed by atoms with Gasteiger partial charge in [-0.2, -0.15) is 15.4 Å². The summed E-state index contributed by atoms with van der Waals surface area (Å²) < 4.78 is 26.0. The number of H-pyrrole nitrogens is 1. The van der Waals surface area contributed by atoms with Crippen LogP contribution in [-0.2, 0) is 0 Å². The molecule has 1 heterocycles. The standard InChI is InChI=1S/C8H4BrF2N3/c9-8-5(10)1-4(2-6(8)11)7-3-12-14-13-7/h1-3H,(H,12,13,14). The number of hydrogen-bond acceptors (Lipinski definition) is 2. The summed E-state index contributed by atoms with van der Waals surface area (Å²) in [4.78, 5) is 0. The summed E-state index contributed by atoms with van der Waals surface area (Å²) in [6.45, 7) is 0. The third-order valence-corrected chi connectivity index (χ3v) is 2.45. The Hall–Kier alpha value is -1.30. The van der Waals surface area contributed by atoms with Gasteiger partial charge in [-0.15, -0.1) is 0 Å². The van der Waals surface area contributed by atoms with Crippen molar-refractivity contribution in [1.82, 2.24) is 15.4 Å². The summed E-state index contributed by atoms with van der Waals surface area (Å²) in [6.07, 6.45) is 1.39. The Kier molecular flexibility index (Phi) is 2.28. The summed E-state index contributed by atoms with van der Waals surface area (Å²) in [6, 6.07) is 2.37. The van der Waals surface area contributed by atoms with Crippen molar-refractivity contribution < 1.29 is 8.78 Å². The van der Waals surface area contributed by atoms with E-state index in [1.54, 1.807) is 0 Å². The molecule has 0 amide bonds. The zero-order valence-corrected chi connectivity index (χ0v) is 8.35. The maximum atomic E-state index is 13.1. The zero-order chi connectivity index (χ0) is 10.1. The van der Waals surface area contributed by atoms with Gasteiger partial charge in [-0.25, -0.2) is 8.78 Å². The fourth-order valence-corrected chi connectivity index (χ4v) is 1.27. The molecular weight excluding hydrogens is 256 g/mol. The minimum absolute atomic E-state index is 0.176. The Morgan fingerprint density at radius 1 is 1.21 bits per heavy atom. The maximum absolute atomic E-state index is 13.1. The first-order chi connectivity index (χ1) is 6.68. The third-order valence-electron chi connectivity index (χ3n) is 1.69. The van der Waals surface area contributed by atoms with Crippen LogP contribution in [0.5, 0.6) is 0 Å². The van der Waals surface area contributed by atoms with Crippen molar-refractivity contribution in [2.45, 2.75) is 0 Å². The van der Waals surface area contributed by atoms with E-state index >= 15 is 0 Å². The Bertz CT molecular complexity index is 433. The second-order valence-electron chi connectivity index (χ2n) is 2.61. The average molecular weight is 260 g/mol. The average Bonchev–Trinajstić information content (AvgIpc) is 2.66. The van der Waals surface area contributed by atoms with Gasteiger partial charge < -0.3 is 0 Å². The molecule has 0 bridgehead atoms. The molecule has 1 aromatic carbocycles. The van der Waals surface area contributed by atoms with E-state index in [0.717, 1.165) is 0 Å². The Morgan fingerprint density at radius 2 is 1.86 bits per heavy atom. The van der Waals surface area contributed by atoms with E-state index < -0.39 is 11.6 Å².